The second kappa shape index (κ2) is 4.02. The van der Waals surface area contributed by atoms with Crippen LogP contribution in [0.1, 0.15) is 30.5 Å². The van der Waals surface area contributed by atoms with E-state index in [1.54, 1.807) is 0 Å². The average Bonchev–Trinajstić information content (AvgIpc) is 2.89. The zero-order chi connectivity index (χ0) is 12.0. The van der Waals surface area contributed by atoms with E-state index >= 15 is 0 Å². The van der Waals surface area contributed by atoms with Crippen molar-refractivity contribution < 1.29 is 0 Å². The molecule has 2 atom stereocenters. The Hall–Kier alpha value is -1.03. The number of hydrogen-bond acceptors (Lipinski definition) is 3. The van der Waals surface area contributed by atoms with Crippen LogP contribution in [0.2, 0.25) is 0 Å². The number of aryl methyl sites for hydroxylation is 2. The highest BCUT2D eigenvalue weighted by Gasteiger charge is 2.37. The molecule has 1 aromatic heterocycles. The number of fused-ring (bicyclic) bond motifs is 1. The van der Waals surface area contributed by atoms with Gasteiger partial charge in [0.25, 0.3) is 0 Å². The second-order valence-corrected chi connectivity index (χ2v) is 5.57. The standard InChI is InChI=1S/C13H22N4/c1-9-12(6-14)13(16(2)15-9)17-7-10-4-3-5-11(10)8-17/h10-11H,3-8,14H2,1-2H3. The lowest BCUT2D eigenvalue weighted by Gasteiger charge is -2.21. The Morgan fingerprint density at radius 1 is 1.29 bits per heavy atom. The van der Waals surface area contributed by atoms with Gasteiger partial charge in [-0.1, -0.05) is 6.42 Å². The molecule has 1 aromatic rings. The fourth-order valence-corrected chi connectivity index (χ4v) is 3.73. The van der Waals surface area contributed by atoms with Gasteiger partial charge in [-0.15, -0.1) is 0 Å². The van der Waals surface area contributed by atoms with Crippen LogP contribution in [0, 0.1) is 18.8 Å². The summed E-state index contributed by atoms with van der Waals surface area (Å²) in [5.41, 5.74) is 8.18. The van der Waals surface area contributed by atoms with Gasteiger partial charge in [0.2, 0.25) is 0 Å². The van der Waals surface area contributed by atoms with Crippen LogP contribution in [0.4, 0.5) is 5.82 Å². The molecule has 3 rings (SSSR count). The molecule has 4 nitrogen and oxygen atoms in total. The Morgan fingerprint density at radius 3 is 2.53 bits per heavy atom. The first-order valence-corrected chi connectivity index (χ1v) is 6.68. The molecule has 1 saturated heterocycles. The molecule has 2 unspecified atom stereocenters. The van der Waals surface area contributed by atoms with Crippen molar-refractivity contribution in [2.45, 2.75) is 32.7 Å². The first-order valence-electron chi connectivity index (χ1n) is 6.68. The van der Waals surface area contributed by atoms with E-state index in [1.165, 1.54) is 43.7 Å². The Kier molecular flexibility index (Phi) is 2.62. The van der Waals surface area contributed by atoms with Gasteiger partial charge in [-0.25, -0.2) is 0 Å². The summed E-state index contributed by atoms with van der Waals surface area (Å²) in [6, 6.07) is 0. The largest absolute Gasteiger partial charge is 0.356 e. The lowest BCUT2D eigenvalue weighted by Crippen LogP contribution is -2.25. The minimum atomic E-state index is 0.598. The third-order valence-corrected chi connectivity index (χ3v) is 4.54. The van der Waals surface area contributed by atoms with Gasteiger partial charge < -0.3 is 10.6 Å². The van der Waals surface area contributed by atoms with Gasteiger partial charge in [0.05, 0.1) is 5.69 Å². The first kappa shape index (κ1) is 11.1. The molecule has 94 valence electrons. The second-order valence-electron chi connectivity index (χ2n) is 5.57. The van der Waals surface area contributed by atoms with E-state index in [2.05, 4.69) is 16.9 Å². The van der Waals surface area contributed by atoms with Crippen LogP contribution in [0.15, 0.2) is 0 Å². The van der Waals surface area contributed by atoms with Gasteiger partial charge in [0.1, 0.15) is 5.82 Å². The molecule has 2 fully saturated rings. The number of rotatable bonds is 2. The van der Waals surface area contributed by atoms with E-state index in [1.807, 2.05) is 11.7 Å². The van der Waals surface area contributed by atoms with Crippen molar-refractivity contribution in [1.82, 2.24) is 9.78 Å². The Bertz CT molecular complexity index is 411. The van der Waals surface area contributed by atoms with Crippen molar-refractivity contribution >= 4 is 5.82 Å². The average molecular weight is 234 g/mol. The highest BCUT2D eigenvalue weighted by molar-refractivity contribution is 5.51. The SMILES string of the molecule is Cc1nn(C)c(N2CC3CCCC3C2)c1CN. The van der Waals surface area contributed by atoms with Crippen molar-refractivity contribution in [3.8, 4) is 0 Å². The first-order chi connectivity index (χ1) is 8.20. The van der Waals surface area contributed by atoms with Crippen molar-refractivity contribution in [3.05, 3.63) is 11.3 Å². The smallest absolute Gasteiger partial charge is 0.131 e. The van der Waals surface area contributed by atoms with Crippen molar-refractivity contribution in [2.75, 3.05) is 18.0 Å². The lowest BCUT2D eigenvalue weighted by atomic mass is 10.0. The molecule has 17 heavy (non-hydrogen) atoms. The lowest BCUT2D eigenvalue weighted by molar-refractivity contribution is 0.494. The van der Waals surface area contributed by atoms with Crippen LogP contribution in [-0.4, -0.2) is 22.9 Å². The third-order valence-electron chi connectivity index (χ3n) is 4.54. The van der Waals surface area contributed by atoms with Crippen molar-refractivity contribution in [2.24, 2.45) is 24.6 Å². The zero-order valence-corrected chi connectivity index (χ0v) is 10.8. The minimum Gasteiger partial charge on any atom is -0.356 e. The Balaban J connectivity index is 1.90. The van der Waals surface area contributed by atoms with Crippen LogP contribution in [0.25, 0.3) is 0 Å². The highest BCUT2D eigenvalue weighted by atomic mass is 15.4. The van der Waals surface area contributed by atoms with E-state index in [4.69, 9.17) is 5.73 Å². The molecule has 0 amide bonds. The van der Waals surface area contributed by atoms with Crippen molar-refractivity contribution in [1.29, 1.82) is 0 Å². The molecule has 1 aliphatic carbocycles. The summed E-state index contributed by atoms with van der Waals surface area (Å²) < 4.78 is 2.01. The van der Waals surface area contributed by atoms with E-state index < -0.39 is 0 Å². The van der Waals surface area contributed by atoms with Gasteiger partial charge in [-0.2, -0.15) is 5.10 Å². The molecular formula is C13H22N4. The van der Waals surface area contributed by atoms with E-state index in [9.17, 15) is 0 Å². The van der Waals surface area contributed by atoms with Crippen molar-refractivity contribution in [3.63, 3.8) is 0 Å². The Morgan fingerprint density at radius 2 is 1.94 bits per heavy atom. The van der Waals surface area contributed by atoms with E-state index in [0.29, 0.717) is 6.54 Å². The molecule has 2 heterocycles. The maximum absolute atomic E-state index is 5.87. The normalized spacial score (nSPS) is 27.8. The summed E-state index contributed by atoms with van der Waals surface area (Å²) in [6.45, 7) is 5.07. The van der Waals surface area contributed by atoms with Crippen LogP contribution in [0.5, 0.6) is 0 Å². The summed E-state index contributed by atoms with van der Waals surface area (Å²) >= 11 is 0. The number of nitrogens with two attached hydrogens (primary N) is 1. The van der Waals surface area contributed by atoms with E-state index in [-0.39, 0.29) is 0 Å². The molecule has 1 saturated carbocycles. The molecular weight excluding hydrogens is 212 g/mol. The molecule has 0 bridgehead atoms. The molecule has 2 aliphatic rings. The Labute approximate surface area is 103 Å². The van der Waals surface area contributed by atoms with Gasteiger partial charge >= 0.3 is 0 Å². The zero-order valence-electron chi connectivity index (χ0n) is 10.8. The third kappa shape index (κ3) is 1.66. The summed E-state index contributed by atoms with van der Waals surface area (Å²) in [5.74, 6) is 3.09. The summed E-state index contributed by atoms with van der Waals surface area (Å²) in [6.07, 6.45) is 4.25. The number of hydrogen-bond donors (Lipinski definition) is 1. The molecule has 4 heteroatoms. The number of aromatic nitrogens is 2. The van der Waals surface area contributed by atoms with Crippen LogP contribution < -0.4 is 10.6 Å². The predicted molar refractivity (Wildman–Crippen MR) is 68.9 cm³/mol. The van der Waals surface area contributed by atoms with Gasteiger partial charge in [0.15, 0.2) is 0 Å². The summed E-state index contributed by atoms with van der Waals surface area (Å²) in [5, 5.41) is 4.52. The molecule has 2 N–H and O–H groups in total. The maximum atomic E-state index is 5.87. The van der Waals surface area contributed by atoms with Gasteiger partial charge in [-0.05, 0) is 31.6 Å². The predicted octanol–water partition coefficient (Wildman–Crippen LogP) is 1.42. The topological polar surface area (TPSA) is 47.1 Å². The van der Waals surface area contributed by atoms with Crippen LogP contribution >= 0.6 is 0 Å². The fraction of sp³-hybridized carbons (Fsp3) is 0.769. The summed E-state index contributed by atoms with van der Waals surface area (Å²) in [4.78, 5) is 2.51. The molecule has 0 radical (unpaired) electrons. The number of nitrogens with zero attached hydrogens (tertiary/aromatic N) is 3. The van der Waals surface area contributed by atoms with Crippen LogP contribution in [0.3, 0.4) is 0 Å². The monoisotopic (exact) mass is 234 g/mol. The quantitative estimate of drug-likeness (QED) is 0.842. The molecule has 0 spiro atoms. The molecule has 0 aromatic carbocycles. The van der Waals surface area contributed by atoms with E-state index in [0.717, 1.165) is 17.5 Å². The summed E-state index contributed by atoms with van der Waals surface area (Å²) in [7, 11) is 2.04. The molecule has 1 aliphatic heterocycles. The minimum absolute atomic E-state index is 0.598. The highest BCUT2D eigenvalue weighted by Crippen LogP contribution is 2.40. The fourth-order valence-electron chi connectivity index (χ4n) is 3.73. The van der Waals surface area contributed by atoms with Gasteiger partial charge in [-0.3, -0.25) is 4.68 Å². The van der Waals surface area contributed by atoms with Gasteiger partial charge in [0, 0.05) is 32.2 Å². The number of anilines is 1. The van der Waals surface area contributed by atoms with Crippen LogP contribution in [-0.2, 0) is 13.6 Å². The maximum Gasteiger partial charge on any atom is 0.131 e.